The first-order chi connectivity index (χ1) is 35.9. The van der Waals surface area contributed by atoms with Gasteiger partial charge in [-0.05, 0) is 88.9 Å². The van der Waals surface area contributed by atoms with Crippen molar-refractivity contribution in [2.75, 3.05) is 18.5 Å². The number of rotatable bonds is 64. The van der Waals surface area contributed by atoms with Crippen LogP contribution in [-0.4, -0.2) is 23.6 Å². The van der Waals surface area contributed by atoms with Crippen molar-refractivity contribution in [1.82, 2.24) is 0 Å². The molecule has 0 radical (unpaired) electrons. The highest BCUT2D eigenvalue weighted by Gasteiger charge is 2.55. The van der Waals surface area contributed by atoms with Crippen molar-refractivity contribution in [3.05, 3.63) is 0 Å². The molecule has 0 atom stereocenters. The molecular formula is C72H148ClP. The van der Waals surface area contributed by atoms with Crippen LogP contribution in [0.15, 0.2) is 0 Å². The molecule has 0 aromatic heterocycles. The maximum absolute atomic E-state index is 2.56. The Morgan fingerprint density at radius 2 is 0.365 bits per heavy atom. The summed E-state index contributed by atoms with van der Waals surface area (Å²) in [6, 6.07) is 0. The lowest BCUT2D eigenvalue weighted by Gasteiger charge is -2.49. The number of halogens is 1. The molecule has 0 aromatic rings. The lowest BCUT2D eigenvalue weighted by atomic mass is 9.69. The lowest BCUT2D eigenvalue weighted by molar-refractivity contribution is -0.0000167. The smallest absolute Gasteiger partial charge is 0.0799 e. The Kier molecular flexibility index (Phi) is 62.1. The first kappa shape index (κ1) is 76.8. The highest BCUT2D eigenvalue weighted by atomic mass is 35.5. The maximum Gasteiger partial charge on any atom is 0.0799 e. The van der Waals surface area contributed by atoms with E-state index in [1.165, 1.54) is 315 Å². The van der Waals surface area contributed by atoms with E-state index in [0.29, 0.717) is 10.6 Å². The van der Waals surface area contributed by atoms with Crippen LogP contribution in [-0.2, 0) is 0 Å². The van der Waals surface area contributed by atoms with Crippen molar-refractivity contribution in [2.24, 2.45) is 5.41 Å². The summed E-state index contributed by atoms with van der Waals surface area (Å²) in [5.74, 6) is 0. The Balaban J connectivity index is 0. The van der Waals surface area contributed by atoms with Gasteiger partial charge in [-0.15, -0.1) is 0 Å². The molecule has 0 amide bonds. The molecule has 0 unspecified atom stereocenters. The Morgan fingerprint density at radius 1 is 0.176 bits per heavy atom. The van der Waals surface area contributed by atoms with E-state index in [-0.39, 0.29) is 12.4 Å². The summed E-state index contributed by atoms with van der Waals surface area (Å²) < 4.78 is 0. The van der Waals surface area contributed by atoms with E-state index in [2.05, 4.69) is 55.4 Å². The summed E-state index contributed by atoms with van der Waals surface area (Å²) in [5.41, 5.74) is 0.583. The summed E-state index contributed by atoms with van der Waals surface area (Å²) in [6.07, 6.45) is 92.9. The van der Waals surface area contributed by atoms with E-state index in [4.69, 9.17) is 0 Å². The number of hydrogen-bond acceptors (Lipinski definition) is 0. The fourth-order valence-corrected chi connectivity index (χ4v) is 20.5. The number of unbranched alkanes of at least 4 members (excludes halogenated alkanes) is 44. The van der Waals surface area contributed by atoms with Gasteiger partial charge in [-0.3, -0.25) is 0 Å². The minimum absolute atomic E-state index is 0. The van der Waals surface area contributed by atoms with Crippen LogP contribution < -0.4 is 12.4 Å². The molecule has 0 nitrogen and oxygen atoms in total. The van der Waals surface area contributed by atoms with Crippen molar-refractivity contribution in [3.8, 4) is 0 Å². The molecular weight excluding hydrogens is 931 g/mol. The van der Waals surface area contributed by atoms with E-state index >= 15 is 0 Å². The van der Waals surface area contributed by atoms with Crippen molar-refractivity contribution >= 4 is 7.26 Å². The highest BCUT2D eigenvalue weighted by molar-refractivity contribution is 7.77. The fraction of sp³-hybridized carbons (Fsp3) is 1.00. The van der Waals surface area contributed by atoms with Crippen molar-refractivity contribution in [3.63, 3.8) is 0 Å². The maximum atomic E-state index is 2.56. The largest absolute Gasteiger partial charge is 1.00 e. The summed E-state index contributed by atoms with van der Waals surface area (Å²) in [7, 11) is -1.21. The normalized spacial score (nSPS) is 12.3. The van der Waals surface area contributed by atoms with Gasteiger partial charge in [0, 0.05) is 7.26 Å². The Morgan fingerprint density at radius 3 is 0.608 bits per heavy atom. The molecule has 0 aromatic carbocycles. The molecule has 0 rings (SSSR count). The molecule has 0 aliphatic rings. The average molecular weight is 1080 g/mol. The van der Waals surface area contributed by atoms with Gasteiger partial charge < -0.3 is 12.4 Å². The van der Waals surface area contributed by atoms with Crippen LogP contribution in [0, 0.1) is 5.41 Å². The molecule has 0 aliphatic heterocycles. The standard InChI is InChI=1S/C72H148P.ClH/c1-9-17-25-31-37-43-49-55-61-71(62-56-50-44-38-32-26-18-10-2,63-57-51-45-39-33-27-19-11-3)66-67-72(64-58-52-46-40-34-28-20-12-4,65-59-53-47-41-35-29-21-13-5)73(68-23-15-7,69-24-16-8)70-60-54-48-42-36-30-22-14-6;/h9-70H2,1-8H3;1H/q+1;/p-1. The summed E-state index contributed by atoms with van der Waals surface area (Å²) >= 11 is 0. The van der Waals surface area contributed by atoms with Gasteiger partial charge in [0.05, 0.1) is 23.6 Å². The molecule has 0 heterocycles. The Labute approximate surface area is 480 Å². The zero-order chi connectivity index (χ0) is 53.3. The van der Waals surface area contributed by atoms with Gasteiger partial charge in [-0.1, -0.05) is 351 Å². The lowest BCUT2D eigenvalue weighted by Crippen LogP contribution is -3.00. The van der Waals surface area contributed by atoms with E-state index in [1.807, 2.05) is 0 Å². The molecule has 0 spiro atoms. The van der Waals surface area contributed by atoms with Gasteiger partial charge in [0.15, 0.2) is 0 Å². The minimum atomic E-state index is -1.21. The molecule has 0 N–H and O–H groups in total. The van der Waals surface area contributed by atoms with Gasteiger partial charge in [0.1, 0.15) is 0 Å². The highest BCUT2D eigenvalue weighted by Crippen LogP contribution is 2.75. The third kappa shape index (κ3) is 43.5. The van der Waals surface area contributed by atoms with Crippen LogP contribution >= 0.6 is 7.26 Å². The van der Waals surface area contributed by atoms with Crippen molar-refractivity contribution in [2.45, 2.75) is 439 Å². The molecule has 74 heavy (non-hydrogen) atoms. The first-order valence-electron chi connectivity index (χ1n) is 35.8. The second-order valence-electron chi connectivity index (χ2n) is 25.8. The van der Waals surface area contributed by atoms with Crippen LogP contribution in [0.1, 0.15) is 434 Å². The van der Waals surface area contributed by atoms with Gasteiger partial charge >= 0.3 is 0 Å². The zero-order valence-electron chi connectivity index (χ0n) is 53.7. The summed E-state index contributed by atoms with van der Waals surface area (Å²) in [6.45, 7) is 19.4. The summed E-state index contributed by atoms with van der Waals surface area (Å²) in [5, 5.41) is 0.631. The Hall–Kier alpha value is 0.720. The monoisotopic (exact) mass is 1080 g/mol. The fourth-order valence-electron chi connectivity index (χ4n) is 13.9. The molecule has 2 heteroatoms. The molecule has 0 fully saturated rings. The van der Waals surface area contributed by atoms with E-state index in [1.54, 1.807) is 82.7 Å². The van der Waals surface area contributed by atoms with Crippen LogP contribution in [0.2, 0.25) is 0 Å². The van der Waals surface area contributed by atoms with E-state index in [0.717, 1.165) is 0 Å². The van der Waals surface area contributed by atoms with Crippen LogP contribution in [0.3, 0.4) is 0 Å². The average Bonchev–Trinajstić information content (AvgIpc) is 3.40. The van der Waals surface area contributed by atoms with Gasteiger partial charge in [0.25, 0.3) is 0 Å². The predicted molar refractivity (Wildman–Crippen MR) is 344 cm³/mol. The van der Waals surface area contributed by atoms with Crippen LogP contribution in [0.4, 0.5) is 0 Å². The Bertz CT molecular complexity index is 942. The quantitative estimate of drug-likeness (QED) is 0.0421. The predicted octanol–water partition coefficient (Wildman–Crippen LogP) is 24.9. The molecule has 0 aliphatic carbocycles. The van der Waals surface area contributed by atoms with Crippen LogP contribution in [0.25, 0.3) is 0 Å². The van der Waals surface area contributed by atoms with Crippen LogP contribution in [0.5, 0.6) is 0 Å². The summed E-state index contributed by atoms with van der Waals surface area (Å²) in [4.78, 5) is 0. The molecule has 0 bridgehead atoms. The second-order valence-corrected chi connectivity index (χ2v) is 30.4. The number of hydrogen-bond donors (Lipinski definition) is 0. The zero-order valence-corrected chi connectivity index (χ0v) is 55.3. The molecule has 448 valence electrons. The van der Waals surface area contributed by atoms with Gasteiger partial charge in [0.2, 0.25) is 0 Å². The topological polar surface area (TPSA) is 0 Å². The van der Waals surface area contributed by atoms with Crippen molar-refractivity contribution in [1.29, 1.82) is 0 Å². The minimum Gasteiger partial charge on any atom is -1.00 e. The van der Waals surface area contributed by atoms with E-state index < -0.39 is 7.26 Å². The van der Waals surface area contributed by atoms with E-state index in [9.17, 15) is 0 Å². The second kappa shape index (κ2) is 59.8. The van der Waals surface area contributed by atoms with Gasteiger partial charge in [-0.2, -0.15) is 0 Å². The van der Waals surface area contributed by atoms with Crippen molar-refractivity contribution < 1.29 is 12.4 Å². The molecule has 0 saturated heterocycles. The first-order valence-corrected chi connectivity index (χ1v) is 38.1. The third-order valence-electron chi connectivity index (χ3n) is 19.1. The SMILES string of the molecule is CCCCCCCCCCC(CCCCCCCCCC)(CCCCCCCCCC)CCC(CCCCCCCCCC)(CCCCCCCCCC)[P+](CCCC)(CCCC)CCCCCCCCCC.[Cl-]. The third-order valence-corrected chi connectivity index (χ3v) is 25.3. The molecule has 0 saturated carbocycles. The van der Waals surface area contributed by atoms with Gasteiger partial charge in [-0.25, -0.2) is 0 Å².